The van der Waals surface area contributed by atoms with Gasteiger partial charge in [0.25, 0.3) is 10.0 Å². The Hall–Kier alpha value is -3.01. The molecule has 174 valence electrons. The van der Waals surface area contributed by atoms with Crippen LogP contribution in [0, 0.1) is 5.82 Å². The first-order valence-corrected chi connectivity index (χ1v) is 11.6. The zero-order chi connectivity index (χ0) is 24.2. The average Bonchev–Trinajstić information content (AvgIpc) is 2.80. The maximum Gasteiger partial charge on any atom is 0.264 e. The molecule has 0 atom stereocenters. The molecule has 0 aliphatic rings. The molecule has 7 nitrogen and oxygen atoms in total. The van der Waals surface area contributed by atoms with Crippen molar-refractivity contribution in [2.45, 2.75) is 4.90 Å². The first-order chi connectivity index (χ1) is 15.7. The van der Waals surface area contributed by atoms with Gasteiger partial charge < -0.3 is 14.8 Å². The van der Waals surface area contributed by atoms with E-state index in [0.717, 1.165) is 16.4 Å². The van der Waals surface area contributed by atoms with Gasteiger partial charge in [0.2, 0.25) is 5.91 Å². The summed E-state index contributed by atoms with van der Waals surface area (Å²) in [6.45, 7) is -0.635. The summed E-state index contributed by atoms with van der Waals surface area (Å²) in [7, 11) is -1.50. The number of carbonyl (C=O) groups is 1. The topological polar surface area (TPSA) is 84.9 Å². The number of sulfonamides is 1. The number of methoxy groups -OCH3 is 2. The van der Waals surface area contributed by atoms with Crippen molar-refractivity contribution in [3.05, 3.63) is 76.5 Å². The predicted molar refractivity (Wildman–Crippen MR) is 126 cm³/mol. The standard InChI is InChI=1S/C22H19Cl2FN2O5S/c1-31-19-11-10-16(12-20(19)32-2)33(29,30)27(15-8-6-14(25)7-9-15)13-21(28)26-22-17(23)4-3-5-18(22)24/h3-12H,13H2,1-2H3,(H,26,28). The number of nitrogens with zero attached hydrogens (tertiary/aromatic N) is 1. The van der Waals surface area contributed by atoms with Crippen molar-refractivity contribution in [3.8, 4) is 11.5 Å². The van der Waals surface area contributed by atoms with Crippen LogP contribution >= 0.6 is 23.2 Å². The van der Waals surface area contributed by atoms with Crippen LogP contribution in [0.2, 0.25) is 10.0 Å². The normalized spacial score (nSPS) is 11.1. The fourth-order valence-electron chi connectivity index (χ4n) is 2.95. The molecule has 1 N–H and O–H groups in total. The highest BCUT2D eigenvalue weighted by atomic mass is 35.5. The van der Waals surface area contributed by atoms with Crippen LogP contribution in [0.15, 0.2) is 65.6 Å². The summed E-state index contributed by atoms with van der Waals surface area (Å²) in [6, 6.07) is 13.4. The molecule has 0 heterocycles. The van der Waals surface area contributed by atoms with Crippen molar-refractivity contribution >= 4 is 50.5 Å². The summed E-state index contributed by atoms with van der Waals surface area (Å²) in [5.41, 5.74) is 0.222. The van der Waals surface area contributed by atoms with Gasteiger partial charge in [0, 0.05) is 6.07 Å². The molecular formula is C22H19Cl2FN2O5S. The second-order valence-corrected chi connectivity index (χ2v) is 9.33. The Balaban J connectivity index is 2.01. The molecule has 0 radical (unpaired) electrons. The van der Waals surface area contributed by atoms with Crippen LogP contribution in [0.4, 0.5) is 15.8 Å². The lowest BCUT2D eigenvalue weighted by atomic mass is 10.3. The number of benzene rings is 3. The predicted octanol–water partition coefficient (Wildman–Crippen LogP) is 4.98. The molecule has 0 spiro atoms. The van der Waals surface area contributed by atoms with Gasteiger partial charge in [-0.15, -0.1) is 0 Å². The highest BCUT2D eigenvalue weighted by Gasteiger charge is 2.29. The second kappa shape index (κ2) is 10.3. The van der Waals surface area contributed by atoms with E-state index in [-0.39, 0.29) is 32.1 Å². The van der Waals surface area contributed by atoms with Gasteiger partial charge in [-0.25, -0.2) is 12.8 Å². The third-order valence-electron chi connectivity index (χ3n) is 4.57. The molecule has 0 bridgehead atoms. The number of nitrogens with one attached hydrogen (secondary N) is 1. The molecule has 0 saturated carbocycles. The number of rotatable bonds is 8. The molecule has 0 aliphatic heterocycles. The van der Waals surface area contributed by atoms with Crippen molar-refractivity contribution in [3.63, 3.8) is 0 Å². The highest BCUT2D eigenvalue weighted by molar-refractivity contribution is 7.92. The first-order valence-electron chi connectivity index (χ1n) is 9.41. The second-order valence-electron chi connectivity index (χ2n) is 6.65. The lowest BCUT2D eigenvalue weighted by Gasteiger charge is -2.24. The van der Waals surface area contributed by atoms with Crippen LogP contribution in [0.5, 0.6) is 11.5 Å². The van der Waals surface area contributed by atoms with E-state index in [9.17, 15) is 17.6 Å². The minimum Gasteiger partial charge on any atom is -0.493 e. The molecule has 0 aliphatic carbocycles. The number of amides is 1. The highest BCUT2D eigenvalue weighted by Crippen LogP contribution is 2.33. The fourth-order valence-corrected chi connectivity index (χ4v) is 4.88. The summed E-state index contributed by atoms with van der Waals surface area (Å²) in [6.07, 6.45) is 0. The van der Waals surface area contributed by atoms with E-state index in [1.54, 1.807) is 6.07 Å². The lowest BCUT2D eigenvalue weighted by Crippen LogP contribution is -2.38. The number of carbonyl (C=O) groups excluding carboxylic acids is 1. The fraction of sp³-hybridized carbons (Fsp3) is 0.136. The number of anilines is 2. The summed E-state index contributed by atoms with van der Waals surface area (Å²) < 4.78 is 51.7. The summed E-state index contributed by atoms with van der Waals surface area (Å²) in [5, 5.41) is 2.90. The van der Waals surface area contributed by atoms with Crippen LogP contribution < -0.4 is 19.1 Å². The van der Waals surface area contributed by atoms with Crippen molar-refractivity contribution in [1.82, 2.24) is 0 Å². The van der Waals surface area contributed by atoms with E-state index >= 15 is 0 Å². The first kappa shape index (κ1) is 24.6. The Morgan fingerprint density at radius 2 is 1.58 bits per heavy atom. The van der Waals surface area contributed by atoms with E-state index < -0.39 is 28.3 Å². The van der Waals surface area contributed by atoms with E-state index in [2.05, 4.69) is 5.32 Å². The summed E-state index contributed by atoms with van der Waals surface area (Å²) in [5.74, 6) is -0.756. The number of para-hydroxylation sites is 1. The molecule has 3 rings (SSSR count). The van der Waals surface area contributed by atoms with Crippen LogP contribution in [0.1, 0.15) is 0 Å². The number of hydrogen-bond donors (Lipinski definition) is 1. The Labute approximate surface area is 200 Å². The van der Waals surface area contributed by atoms with E-state index in [1.807, 2.05) is 0 Å². The van der Waals surface area contributed by atoms with Crippen LogP contribution in [0.25, 0.3) is 0 Å². The lowest BCUT2D eigenvalue weighted by molar-refractivity contribution is -0.114. The molecule has 11 heteroatoms. The monoisotopic (exact) mass is 512 g/mol. The maximum absolute atomic E-state index is 13.5. The molecule has 0 aromatic heterocycles. The summed E-state index contributed by atoms with van der Waals surface area (Å²) >= 11 is 12.2. The molecule has 33 heavy (non-hydrogen) atoms. The Morgan fingerprint density at radius 3 is 2.15 bits per heavy atom. The minimum atomic E-state index is -4.28. The van der Waals surface area contributed by atoms with Crippen LogP contribution in [0.3, 0.4) is 0 Å². The quantitative estimate of drug-likeness (QED) is 0.459. The molecule has 3 aromatic carbocycles. The van der Waals surface area contributed by atoms with Crippen molar-refractivity contribution in [1.29, 1.82) is 0 Å². The Morgan fingerprint density at radius 1 is 0.970 bits per heavy atom. The molecule has 1 amide bonds. The molecule has 0 saturated heterocycles. The summed E-state index contributed by atoms with van der Waals surface area (Å²) in [4.78, 5) is 12.7. The minimum absolute atomic E-state index is 0.0755. The van der Waals surface area contributed by atoms with Gasteiger partial charge in [0.05, 0.1) is 40.5 Å². The van der Waals surface area contributed by atoms with Gasteiger partial charge >= 0.3 is 0 Å². The zero-order valence-corrected chi connectivity index (χ0v) is 19.8. The van der Waals surface area contributed by atoms with Gasteiger partial charge in [-0.2, -0.15) is 0 Å². The van der Waals surface area contributed by atoms with Gasteiger partial charge in [0.15, 0.2) is 11.5 Å². The zero-order valence-electron chi connectivity index (χ0n) is 17.5. The third kappa shape index (κ3) is 5.50. The molecular weight excluding hydrogens is 494 g/mol. The SMILES string of the molecule is COc1ccc(S(=O)(=O)N(CC(=O)Nc2c(Cl)cccc2Cl)c2ccc(F)cc2)cc1OC. The van der Waals surface area contributed by atoms with Crippen LogP contribution in [-0.4, -0.2) is 35.1 Å². The maximum atomic E-state index is 13.5. The van der Waals surface area contributed by atoms with Gasteiger partial charge in [-0.3, -0.25) is 9.10 Å². The third-order valence-corrected chi connectivity index (χ3v) is 6.97. The van der Waals surface area contributed by atoms with Gasteiger partial charge in [-0.05, 0) is 48.5 Å². The van der Waals surface area contributed by atoms with Crippen LogP contribution in [-0.2, 0) is 14.8 Å². The molecule has 0 fully saturated rings. The molecule has 0 unspecified atom stereocenters. The number of halogens is 3. The van der Waals surface area contributed by atoms with Gasteiger partial charge in [0.1, 0.15) is 12.4 Å². The van der Waals surface area contributed by atoms with Gasteiger partial charge in [-0.1, -0.05) is 29.3 Å². The average molecular weight is 513 g/mol. The number of ether oxygens (including phenoxy) is 2. The largest absolute Gasteiger partial charge is 0.493 e. The van der Waals surface area contributed by atoms with E-state index in [4.69, 9.17) is 32.7 Å². The van der Waals surface area contributed by atoms with Crippen molar-refractivity contribution < 1.29 is 27.1 Å². The Bertz CT molecular complexity index is 1250. The van der Waals surface area contributed by atoms with Crippen molar-refractivity contribution in [2.24, 2.45) is 0 Å². The smallest absolute Gasteiger partial charge is 0.264 e. The van der Waals surface area contributed by atoms with Crippen molar-refractivity contribution in [2.75, 3.05) is 30.4 Å². The van der Waals surface area contributed by atoms with E-state index in [1.165, 1.54) is 56.7 Å². The Kier molecular flexibility index (Phi) is 7.68. The molecule has 3 aromatic rings. The van der Waals surface area contributed by atoms with E-state index in [0.29, 0.717) is 5.75 Å². The number of hydrogen-bond acceptors (Lipinski definition) is 5.